The van der Waals surface area contributed by atoms with Crippen LogP contribution in [0.15, 0.2) is 24.3 Å². The lowest BCUT2D eigenvalue weighted by atomic mass is 10.2. The van der Waals surface area contributed by atoms with Crippen molar-refractivity contribution in [2.24, 2.45) is 0 Å². The fraction of sp³-hybridized carbons (Fsp3) is 0.467. The number of carbonyl (C=O) groups is 2. The Morgan fingerprint density at radius 1 is 1.14 bits per heavy atom. The Labute approximate surface area is 123 Å². The van der Waals surface area contributed by atoms with E-state index in [1.807, 2.05) is 24.3 Å². The minimum absolute atomic E-state index is 0.0734. The first-order chi connectivity index (χ1) is 10.1. The third kappa shape index (κ3) is 3.87. The number of benzene rings is 1. The average molecular weight is 292 g/mol. The molecule has 1 N–H and O–H groups in total. The smallest absolute Gasteiger partial charge is 0.303 e. The monoisotopic (exact) mass is 292 g/mol. The summed E-state index contributed by atoms with van der Waals surface area (Å²) < 4.78 is 5.35. The van der Waals surface area contributed by atoms with Gasteiger partial charge < -0.3 is 19.6 Å². The number of piperazine rings is 1. The summed E-state index contributed by atoms with van der Waals surface area (Å²) in [6, 6.07) is 7.80. The molecule has 0 aliphatic carbocycles. The molecule has 0 radical (unpaired) electrons. The molecule has 0 aromatic heterocycles. The molecule has 0 spiro atoms. The van der Waals surface area contributed by atoms with Gasteiger partial charge in [-0.2, -0.15) is 0 Å². The highest BCUT2D eigenvalue weighted by atomic mass is 16.5. The summed E-state index contributed by atoms with van der Waals surface area (Å²) >= 11 is 0. The van der Waals surface area contributed by atoms with Crippen LogP contribution in [0, 0.1) is 0 Å². The first-order valence-electron chi connectivity index (χ1n) is 6.99. The van der Waals surface area contributed by atoms with Gasteiger partial charge >= 0.3 is 5.97 Å². The average Bonchev–Trinajstić information content (AvgIpc) is 2.52. The van der Waals surface area contributed by atoms with Crippen LogP contribution in [0.3, 0.4) is 0 Å². The lowest BCUT2D eigenvalue weighted by Crippen LogP contribution is -2.48. The van der Waals surface area contributed by atoms with E-state index in [1.54, 1.807) is 12.0 Å². The van der Waals surface area contributed by atoms with E-state index in [1.165, 1.54) is 0 Å². The number of hydrogen-bond acceptors (Lipinski definition) is 4. The van der Waals surface area contributed by atoms with Crippen molar-refractivity contribution in [1.82, 2.24) is 4.90 Å². The number of aliphatic carboxylic acids is 1. The molecule has 1 aliphatic rings. The quantitative estimate of drug-likeness (QED) is 0.883. The summed E-state index contributed by atoms with van der Waals surface area (Å²) in [5, 5.41) is 8.62. The van der Waals surface area contributed by atoms with E-state index in [-0.39, 0.29) is 18.7 Å². The molecule has 1 heterocycles. The standard InChI is InChI=1S/C15H20N2O4/c1-21-13-5-3-2-4-12(13)16-8-10-17(11-9-16)14(18)6-7-15(19)20/h2-5H,6-11H2,1H3,(H,19,20). The van der Waals surface area contributed by atoms with Crippen molar-refractivity contribution in [3.8, 4) is 5.75 Å². The van der Waals surface area contributed by atoms with Crippen LogP contribution in [-0.2, 0) is 9.59 Å². The maximum Gasteiger partial charge on any atom is 0.303 e. The molecule has 0 atom stereocenters. The molecular weight excluding hydrogens is 272 g/mol. The van der Waals surface area contributed by atoms with Gasteiger partial charge in [0, 0.05) is 32.6 Å². The van der Waals surface area contributed by atoms with Gasteiger partial charge in [0.1, 0.15) is 5.75 Å². The Bertz CT molecular complexity index is 510. The second-order valence-corrected chi connectivity index (χ2v) is 4.93. The number of nitrogens with zero attached hydrogens (tertiary/aromatic N) is 2. The van der Waals surface area contributed by atoms with Gasteiger partial charge in [0.25, 0.3) is 0 Å². The Balaban J connectivity index is 1.91. The summed E-state index contributed by atoms with van der Waals surface area (Å²) in [7, 11) is 1.64. The van der Waals surface area contributed by atoms with Crippen molar-refractivity contribution in [2.45, 2.75) is 12.8 Å². The Morgan fingerprint density at radius 2 is 1.81 bits per heavy atom. The number of ether oxygens (including phenoxy) is 1. The fourth-order valence-corrected chi connectivity index (χ4v) is 2.46. The van der Waals surface area contributed by atoms with Crippen LogP contribution in [0.2, 0.25) is 0 Å². The lowest BCUT2D eigenvalue weighted by molar-refractivity contribution is -0.141. The highest BCUT2D eigenvalue weighted by molar-refractivity contribution is 5.81. The topological polar surface area (TPSA) is 70.1 Å². The molecule has 0 saturated carbocycles. The normalized spacial score (nSPS) is 14.9. The Kier molecular flexibility index (Phi) is 5.03. The van der Waals surface area contributed by atoms with E-state index in [2.05, 4.69) is 4.90 Å². The number of hydrogen-bond donors (Lipinski definition) is 1. The minimum atomic E-state index is -0.934. The van der Waals surface area contributed by atoms with Gasteiger partial charge in [-0.3, -0.25) is 9.59 Å². The zero-order chi connectivity index (χ0) is 15.2. The Hall–Kier alpha value is -2.24. The number of carboxylic acids is 1. The highest BCUT2D eigenvalue weighted by Crippen LogP contribution is 2.28. The summed E-state index contributed by atoms with van der Waals surface area (Å²) in [5.74, 6) is -0.198. The first kappa shape index (κ1) is 15.2. The van der Waals surface area contributed by atoms with Crippen molar-refractivity contribution < 1.29 is 19.4 Å². The van der Waals surface area contributed by atoms with Gasteiger partial charge in [-0.25, -0.2) is 0 Å². The highest BCUT2D eigenvalue weighted by Gasteiger charge is 2.22. The van der Waals surface area contributed by atoms with Crippen LogP contribution in [0.5, 0.6) is 5.75 Å². The van der Waals surface area contributed by atoms with E-state index in [0.29, 0.717) is 13.1 Å². The molecule has 114 valence electrons. The number of carboxylic acid groups (broad SMARTS) is 1. The van der Waals surface area contributed by atoms with Gasteiger partial charge in [-0.05, 0) is 12.1 Å². The first-order valence-corrected chi connectivity index (χ1v) is 6.99. The molecule has 1 amide bonds. The molecule has 0 unspecified atom stereocenters. The summed E-state index contributed by atoms with van der Waals surface area (Å²) in [4.78, 5) is 26.3. The summed E-state index contributed by atoms with van der Waals surface area (Å²) in [6.45, 7) is 2.66. The zero-order valence-electron chi connectivity index (χ0n) is 12.1. The maximum atomic E-state index is 11.9. The molecule has 6 nitrogen and oxygen atoms in total. The lowest BCUT2D eigenvalue weighted by Gasteiger charge is -2.36. The molecular formula is C15H20N2O4. The second-order valence-electron chi connectivity index (χ2n) is 4.93. The Morgan fingerprint density at radius 3 is 2.43 bits per heavy atom. The van der Waals surface area contributed by atoms with Gasteiger partial charge in [0.2, 0.25) is 5.91 Å². The van der Waals surface area contributed by atoms with E-state index in [0.717, 1.165) is 24.5 Å². The molecule has 21 heavy (non-hydrogen) atoms. The molecule has 1 aliphatic heterocycles. The van der Waals surface area contributed by atoms with Crippen molar-refractivity contribution >= 4 is 17.6 Å². The van der Waals surface area contributed by atoms with E-state index < -0.39 is 5.97 Å². The number of methoxy groups -OCH3 is 1. The van der Waals surface area contributed by atoms with Crippen molar-refractivity contribution in [1.29, 1.82) is 0 Å². The van der Waals surface area contributed by atoms with Gasteiger partial charge in [0.15, 0.2) is 0 Å². The summed E-state index contributed by atoms with van der Waals surface area (Å²) in [6.07, 6.45) is -0.0322. The van der Waals surface area contributed by atoms with Crippen LogP contribution < -0.4 is 9.64 Å². The van der Waals surface area contributed by atoms with E-state index >= 15 is 0 Å². The third-order valence-corrected chi connectivity index (χ3v) is 3.61. The second kappa shape index (κ2) is 6.97. The summed E-state index contributed by atoms with van der Waals surface area (Å²) in [5.41, 5.74) is 1.03. The molecule has 2 rings (SSSR count). The zero-order valence-corrected chi connectivity index (χ0v) is 12.1. The van der Waals surface area contributed by atoms with Crippen molar-refractivity contribution in [2.75, 3.05) is 38.2 Å². The van der Waals surface area contributed by atoms with Crippen LogP contribution in [0.4, 0.5) is 5.69 Å². The van der Waals surface area contributed by atoms with Crippen LogP contribution in [-0.4, -0.2) is 55.2 Å². The predicted octanol–water partition coefficient (Wildman–Crippen LogP) is 1.21. The maximum absolute atomic E-state index is 11.9. The molecule has 1 aromatic carbocycles. The van der Waals surface area contributed by atoms with Crippen LogP contribution >= 0.6 is 0 Å². The third-order valence-electron chi connectivity index (χ3n) is 3.61. The molecule has 1 aromatic rings. The van der Waals surface area contributed by atoms with Gasteiger partial charge in [-0.15, -0.1) is 0 Å². The number of para-hydroxylation sites is 2. The largest absolute Gasteiger partial charge is 0.495 e. The molecule has 0 bridgehead atoms. The van der Waals surface area contributed by atoms with E-state index in [9.17, 15) is 9.59 Å². The van der Waals surface area contributed by atoms with Crippen LogP contribution in [0.25, 0.3) is 0 Å². The molecule has 1 fully saturated rings. The molecule has 6 heteroatoms. The van der Waals surface area contributed by atoms with Crippen LogP contribution in [0.1, 0.15) is 12.8 Å². The van der Waals surface area contributed by atoms with Gasteiger partial charge in [-0.1, -0.05) is 12.1 Å². The van der Waals surface area contributed by atoms with Crippen molar-refractivity contribution in [3.63, 3.8) is 0 Å². The SMILES string of the molecule is COc1ccccc1N1CCN(C(=O)CCC(=O)O)CC1. The van der Waals surface area contributed by atoms with Crippen molar-refractivity contribution in [3.05, 3.63) is 24.3 Å². The van der Waals surface area contributed by atoms with E-state index in [4.69, 9.17) is 9.84 Å². The number of rotatable bonds is 5. The van der Waals surface area contributed by atoms with Gasteiger partial charge in [0.05, 0.1) is 19.2 Å². The number of carbonyl (C=O) groups excluding carboxylic acids is 1. The minimum Gasteiger partial charge on any atom is -0.495 e. The predicted molar refractivity (Wildman–Crippen MR) is 78.7 cm³/mol. The number of anilines is 1. The molecule has 1 saturated heterocycles. The number of amides is 1. The fourth-order valence-electron chi connectivity index (χ4n) is 2.46.